The first kappa shape index (κ1) is 18.0. The summed E-state index contributed by atoms with van der Waals surface area (Å²) in [6.07, 6.45) is -7.59. The lowest BCUT2D eigenvalue weighted by Gasteiger charge is -2.22. The molecule has 1 aromatic rings. The fraction of sp³-hybridized carbons (Fsp3) is 0.333. The molecule has 3 nitrogen and oxygen atoms in total. The molecule has 18 heavy (non-hydrogen) atoms. The van der Waals surface area contributed by atoms with Gasteiger partial charge in [-0.1, -0.05) is 15.9 Å². The highest BCUT2D eigenvalue weighted by molar-refractivity contribution is 9.11. The van der Waals surface area contributed by atoms with Crippen LogP contribution in [0.2, 0.25) is 0 Å². The lowest BCUT2D eigenvalue weighted by atomic mass is 10.0. The fourth-order valence-electron chi connectivity index (χ4n) is 1.21. The quantitative estimate of drug-likeness (QED) is 0.695. The van der Waals surface area contributed by atoms with Crippen molar-refractivity contribution in [3.8, 4) is 5.75 Å². The number of phenolic OH excluding ortho intramolecular Hbond substituents is 1. The predicted molar refractivity (Wildman–Crippen MR) is 69.7 cm³/mol. The zero-order valence-electron chi connectivity index (χ0n) is 8.58. The minimum absolute atomic E-state index is 0. The van der Waals surface area contributed by atoms with Crippen LogP contribution in [0.1, 0.15) is 11.6 Å². The van der Waals surface area contributed by atoms with Gasteiger partial charge in [0.2, 0.25) is 0 Å². The summed E-state index contributed by atoms with van der Waals surface area (Å²) in [5, 5.41) is 18.6. The first-order chi connectivity index (χ1) is 7.64. The summed E-state index contributed by atoms with van der Waals surface area (Å²) in [6, 6.07) is 0.911. The SMILES string of the molecule is Cl.N[C@@H](c1cc(Br)cc(Br)c1O)[C@H](O)C(F)(F)F. The Bertz CT molecular complexity index is 431. The van der Waals surface area contributed by atoms with Crippen LogP contribution in [-0.2, 0) is 0 Å². The number of halogens is 6. The number of hydrogen-bond donors (Lipinski definition) is 3. The van der Waals surface area contributed by atoms with Crippen molar-refractivity contribution < 1.29 is 23.4 Å². The molecule has 0 saturated carbocycles. The van der Waals surface area contributed by atoms with Gasteiger partial charge in [0, 0.05) is 10.0 Å². The number of alkyl halides is 3. The lowest BCUT2D eigenvalue weighted by molar-refractivity contribution is -0.210. The van der Waals surface area contributed by atoms with Crippen molar-refractivity contribution in [1.29, 1.82) is 0 Å². The van der Waals surface area contributed by atoms with Gasteiger partial charge in [0.05, 0.1) is 10.5 Å². The number of phenols is 1. The van der Waals surface area contributed by atoms with Crippen LogP contribution in [-0.4, -0.2) is 22.5 Å². The molecule has 1 rings (SSSR count). The number of aliphatic hydroxyl groups is 1. The number of benzene rings is 1. The van der Waals surface area contributed by atoms with Gasteiger partial charge in [-0.3, -0.25) is 0 Å². The van der Waals surface area contributed by atoms with Crippen LogP contribution in [0.25, 0.3) is 0 Å². The van der Waals surface area contributed by atoms with E-state index in [9.17, 15) is 18.3 Å². The van der Waals surface area contributed by atoms with Gasteiger partial charge in [-0.2, -0.15) is 13.2 Å². The maximum Gasteiger partial charge on any atom is 0.416 e. The maximum atomic E-state index is 12.3. The van der Waals surface area contributed by atoms with Gasteiger partial charge in [-0.25, -0.2) is 0 Å². The van der Waals surface area contributed by atoms with Gasteiger partial charge in [0.15, 0.2) is 6.10 Å². The summed E-state index contributed by atoms with van der Waals surface area (Å²) in [6.45, 7) is 0. The second-order valence-corrected chi connectivity index (χ2v) is 5.11. The Morgan fingerprint density at radius 3 is 2.17 bits per heavy atom. The summed E-state index contributed by atoms with van der Waals surface area (Å²) in [5.41, 5.74) is 5.09. The van der Waals surface area contributed by atoms with E-state index in [1.54, 1.807) is 0 Å². The van der Waals surface area contributed by atoms with E-state index < -0.39 is 24.1 Å². The molecule has 0 aromatic heterocycles. The van der Waals surface area contributed by atoms with Gasteiger partial charge in [-0.05, 0) is 28.1 Å². The lowest BCUT2D eigenvalue weighted by Crippen LogP contribution is -2.38. The fourth-order valence-corrected chi connectivity index (χ4v) is 2.47. The van der Waals surface area contributed by atoms with Crippen LogP contribution in [0.4, 0.5) is 13.2 Å². The molecule has 0 amide bonds. The Hall–Kier alpha value is -0.0200. The summed E-state index contributed by atoms with van der Waals surface area (Å²) in [4.78, 5) is 0. The molecule has 0 aliphatic rings. The third-order valence-corrected chi connectivity index (χ3v) is 3.15. The maximum absolute atomic E-state index is 12.3. The van der Waals surface area contributed by atoms with Crippen molar-refractivity contribution in [3.63, 3.8) is 0 Å². The highest BCUT2D eigenvalue weighted by Gasteiger charge is 2.43. The summed E-state index contributed by atoms with van der Waals surface area (Å²) in [5.74, 6) is -0.427. The highest BCUT2D eigenvalue weighted by Crippen LogP contribution is 2.38. The molecule has 4 N–H and O–H groups in total. The van der Waals surface area contributed by atoms with E-state index >= 15 is 0 Å². The molecule has 0 unspecified atom stereocenters. The standard InChI is InChI=1S/C9H8Br2F3NO2.ClH/c10-3-1-4(7(16)5(11)2-3)6(15)8(17)9(12,13)14;/h1-2,6,8,16-17H,15H2;1H/t6-,8-;/m0./s1. The van der Waals surface area contributed by atoms with Crippen LogP contribution in [0, 0.1) is 0 Å². The molecule has 0 aliphatic heterocycles. The Morgan fingerprint density at radius 2 is 1.72 bits per heavy atom. The number of nitrogens with two attached hydrogens (primary N) is 1. The van der Waals surface area contributed by atoms with Crippen LogP contribution in [0.5, 0.6) is 5.75 Å². The highest BCUT2D eigenvalue weighted by atomic mass is 79.9. The van der Waals surface area contributed by atoms with E-state index in [2.05, 4.69) is 31.9 Å². The third-order valence-electron chi connectivity index (χ3n) is 2.09. The normalized spacial score (nSPS) is 14.8. The van der Waals surface area contributed by atoms with Crippen molar-refractivity contribution in [2.75, 3.05) is 0 Å². The van der Waals surface area contributed by atoms with Crippen LogP contribution >= 0.6 is 44.3 Å². The smallest absolute Gasteiger partial charge is 0.416 e. The predicted octanol–water partition coefficient (Wildman–Crippen LogP) is 3.26. The third kappa shape index (κ3) is 3.99. The molecule has 1 aromatic carbocycles. The first-order valence-corrected chi connectivity index (χ1v) is 5.91. The molecular weight excluding hydrogens is 406 g/mol. The Kier molecular flexibility index (Phi) is 6.42. The molecule has 0 fully saturated rings. The Balaban J connectivity index is 0.00000289. The largest absolute Gasteiger partial charge is 0.506 e. The Morgan fingerprint density at radius 1 is 1.22 bits per heavy atom. The van der Waals surface area contributed by atoms with E-state index in [0.717, 1.165) is 0 Å². The average molecular weight is 415 g/mol. The number of aromatic hydroxyl groups is 1. The van der Waals surface area contributed by atoms with E-state index in [-0.39, 0.29) is 22.4 Å². The van der Waals surface area contributed by atoms with E-state index in [0.29, 0.717) is 4.47 Å². The molecule has 0 radical (unpaired) electrons. The summed E-state index contributed by atoms with van der Waals surface area (Å²) in [7, 11) is 0. The minimum atomic E-state index is -4.85. The van der Waals surface area contributed by atoms with Crippen molar-refractivity contribution in [3.05, 3.63) is 26.6 Å². The zero-order valence-corrected chi connectivity index (χ0v) is 12.6. The van der Waals surface area contributed by atoms with Gasteiger partial charge in [0.25, 0.3) is 0 Å². The first-order valence-electron chi connectivity index (χ1n) is 4.33. The monoisotopic (exact) mass is 413 g/mol. The van der Waals surface area contributed by atoms with Gasteiger partial charge < -0.3 is 15.9 Å². The number of rotatable bonds is 2. The van der Waals surface area contributed by atoms with Gasteiger partial charge >= 0.3 is 6.18 Å². The molecule has 2 atom stereocenters. The molecule has 0 bridgehead atoms. The number of aliphatic hydroxyl groups excluding tert-OH is 1. The molecule has 9 heteroatoms. The topological polar surface area (TPSA) is 66.5 Å². The molecule has 0 saturated heterocycles. The number of hydrogen-bond acceptors (Lipinski definition) is 3. The van der Waals surface area contributed by atoms with Crippen LogP contribution in [0.15, 0.2) is 21.1 Å². The Labute approximate surface area is 124 Å². The second kappa shape index (κ2) is 6.42. The minimum Gasteiger partial charge on any atom is -0.506 e. The van der Waals surface area contributed by atoms with Gasteiger partial charge in [-0.15, -0.1) is 12.4 Å². The van der Waals surface area contributed by atoms with Crippen LogP contribution in [0.3, 0.4) is 0 Å². The molecule has 0 spiro atoms. The molecule has 0 heterocycles. The summed E-state index contributed by atoms with van der Waals surface area (Å²) >= 11 is 6.02. The van der Waals surface area contributed by atoms with E-state index in [1.165, 1.54) is 12.1 Å². The van der Waals surface area contributed by atoms with Crippen molar-refractivity contribution in [2.45, 2.75) is 18.3 Å². The van der Waals surface area contributed by atoms with E-state index in [1.807, 2.05) is 0 Å². The molecular formula is C9H9Br2ClF3NO2. The molecule has 104 valence electrons. The second-order valence-electron chi connectivity index (χ2n) is 3.34. The van der Waals surface area contributed by atoms with Crippen molar-refractivity contribution in [1.82, 2.24) is 0 Å². The molecule has 0 aliphatic carbocycles. The van der Waals surface area contributed by atoms with Crippen LogP contribution < -0.4 is 5.73 Å². The zero-order chi connectivity index (χ0) is 13.4. The van der Waals surface area contributed by atoms with Crippen molar-refractivity contribution >= 4 is 44.3 Å². The van der Waals surface area contributed by atoms with E-state index in [4.69, 9.17) is 10.8 Å². The van der Waals surface area contributed by atoms with Crippen molar-refractivity contribution in [2.24, 2.45) is 5.73 Å². The average Bonchev–Trinajstić information content (AvgIpc) is 2.20. The van der Waals surface area contributed by atoms with Gasteiger partial charge in [0.1, 0.15) is 5.75 Å². The summed E-state index contributed by atoms with van der Waals surface area (Å²) < 4.78 is 37.5.